The Morgan fingerprint density at radius 1 is 0.759 bits per heavy atom. The molecular weight excluding hydrogens is 378 g/mol. The van der Waals surface area contributed by atoms with Crippen molar-refractivity contribution < 1.29 is 0 Å². The van der Waals surface area contributed by atoms with Gasteiger partial charge in [-0.05, 0) is 42.8 Å². The molecule has 0 spiro atoms. The highest BCUT2D eigenvalue weighted by Gasteiger charge is 2.15. The summed E-state index contributed by atoms with van der Waals surface area (Å²) in [6, 6.07) is 30.4. The number of aryl methyl sites for hydroxylation is 1. The van der Waals surface area contributed by atoms with Crippen molar-refractivity contribution in [2.45, 2.75) is 6.92 Å². The number of benzene rings is 3. The van der Waals surface area contributed by atoms with Crippen LogP contribution in [0.1, 0.15) is 5.56 Å². The highest BCUT2D eigenvalue weighted by molar-refractivity contribution is 6.30. The zero-order chi connectivity index (χ0) is 19.8. The molecule has 140 valence electrons. The highest BCUT2D eigenvalue weighted by Crippen LogP contribution is 2.30. The van der Waals surface area contributed by atoms with Gasteiger partial charge < -0.3 is 0 Å². The number of aromatic nitrogens is 3. The standard InChI is InChI=1S/C25H18ClN3/c1-17-15-25(27-22-10-6-5-9-21(17)22)29-24(19-11-13-20(26)14-12-19)16-23(28-29)18-7-3-2-4-8-18/h2-16H,1H3. The first-order valence-corrected chi connectivity index (χ1v) is 9.85. The van der Waals surface area contributed by atoms with Crippen LogP contribution in [0.5, 0.6) is 0 Å². The van der Waals surface area contributed by atoms with Gasteiger partial charge in [0.1, 0.15) is 0 Å². The molecule has 0 atom stereocenters. The second-order valence-corrected chi connectivity index (χ2v) is 7.45. The van der Waals surface area contributed by atoms with E-state index in [1.54, 1.807) is 0 Å². The van der Waals surface area contributed by atoms with E-state index in [4.69, 9.17) is 21.7 Å². The first-order chi connectivity index (χ1) is 14.2. The number of rotatable bonds is 3. The lowest BCUT2D eigenvalue weighted by Gasteiger charge is -2.10. The summed E-state index contributed by atoms with van der Waals surface area (Å²) in [6.45, 7) is 2.11. The SMILES string of the molecule is Cc1cc(-n2nc(-c3ccccc3)cc2-c2ccc(Cl)cc2)nc2ccccc12. The smallest absolute Gasteiger partial charge is 0.155 e. The van der Waals surface area contributed by atoms with Crippen molar-refractivity contribution in [3.63, 3.8) is 0 Å². The Balaban J connectivity index is 1.75. The summed E-state index contributed by atoms with van der Waals surface area (Å²) in [7, 11) is 0. The number of hydrogen-bond donors (Lipinski definition) is 0. The average Bonchev–Trinajstić information content (AvgIpc) is 3.20. The van der Waals surface area contributed by atoms with E-state index >= 15 is 0 Å². The van der Waals surface area contributed by atoms with E-state index in [1.807, 2.05) is 65.3 Å². The first-order valence-electron chi connectivity index (χ1n) is 9.47. The van der Waals surface area contributed by atoms with E-state index < -0.39 is 0 Å². The molecule has 0 N–H and O–H groups in total. The molecule has 0 aliphatic carbocycles. The lowest BCUT2D eigenvalue weighted by molar-refractivity contribution is 0.862. The van der Waals surface area contributed by atoms with Gasteiger partial charge in [0.05, 0.1) is 16.9 Å². The molecular formula is C25H18ClN3. The largest absolute Gasteiger partial charge is 0.229 e. The van der Waals surface area contributed by atoms with Crippen molar-refractivity contribution in [3.05, 3.63) is 102 Å². The van der Waals surface area contributed by atoms with Crippen LogP contribution in [0.15, 0.2) is 91.0 Å². The molecule has 4 heteroatoms. The minimum Gasteiger partial charge on any atom is -0.229 e. The molecule has 3 aromatic carbocycles. The summed E-state index contributed by atoms with van der Waals surface area (Å²) in [4.78, 5) is 4.89. The summed E-state index contributed by atoms with van der Waals surface area (Å²) in [6.07, 6.45) is 0. The number of nitrogens with zero attached hydrogens (tertiary/aromatic N) is 3. The zero-order valence-electron chi connectivity index (χ0n) is 15.9. The van der Waals surface area contributed by atoms with Gasteiger partial charge >= 0.3 is 0 Å². The summed E-state index contributed by atoms with van der Waals surface area (Å²) in [5.74, 6) is 0.799. The van der Waals surface area contributed by atoms with Crippen molar-refractivity contribution in [1.82, 2.24) is 14.8 Å². The second kappa shape index (κ2) is 7.19. The van der Waals surface area contributed by atoms with Gasteiger partial charge in [0.2, 0.25) is 0 Å². The van der Waals surface area contributed by atoms with E-state index in [1.165, 1.54) is 5.56 Å². The minimum atomic E-state index is 0.711. The van der Waals surface area contributed by atoms with Crippen LogP contribution in [0.25, 0.3) is 39.2 Å². The van der Waals surface area contributed by atoms with Gasteiger partial charge in [-0.25, -0.2) is 9.67 Å². The summed E-state index contributed by atoms with van der Waals surface area (Å²) in [5, 5.41) is 6.78. The van der Waals surface area contributed by atoms with E-state index in [2.05, 4.69) is 37.3 Å². The molecule has 0 saturated heterocycles. The quantitative estimate of drug-likeness (QED) is 0.339. The first kappa shape index (κ1) is 17.7. The number of para-hydroxylation sites is 1. The Morgan fingerprint density at radius 3 is 2.28 bits per heavy atom. The van der Waals surface area contributed by atoms with Crippen LogP contribution in [0.3, 0.4) is 0 Å². The minimum absolute atomic E-state index is 0.711. The van der Waals surface area contributed by atoms with Crippen LogP contribution in [-0.4, -0.2) is 14.8 Å². The van der Waals surface area contributed by atoms with Crippen molar-refractivity contribution in [1.29, 1.82) is 0 Å². The zero-order valence-corrected chi connectivity index (χ0v) is 16.6. The molecule has 0 aliphatic heterocycles. The molecule has 2 aromatic heterocycles. The van der Waals surface area contributed by atoms with Gasteiger partial charge in [-0.2, -0.15) is 5.10 Å². The molecule has 0 aliphatic rings. The predicted octanol–water partition coefficient (Wildman–Crippen LogP) is 6.72. The van der Waals surface area contributed by atoms with Crippen molar-refractivity contribution in [2.24, 2.45) is 0 Å². The number of pyridine rings is 1. The maximum atomic E-state index is 6.11. The fourth-order valence-electron chi connectivity index (χ4n) is 3.57. The Morgan fingerprint density at radius 2 is 1.48 bits per heavy atom. The molecule has 0 bridgehead atoms. The molecule has 29 heavy (non-hydrogen) atoms. The van der Waals surface area contributed by atoms with Crippen LogP contribution < -0.4 is 0 Å². The molecule has 5 aromatic rings. The predicted molar refractivity (Wildman–Crippen MR) is 119 cm³/mol. The lowest BCUT2D eigenvalue weighted by Crippen LogP contribution is -2.03. The lowest BCUT2D eigenvalue weighted by atomic mass is 10.1. The molecule has 5 rings (SSSR count). The Bertz CT molecular complexity index is 1310. The van der Waals surface area contributed by atoms with Gasteiger partial charge in [0.15, 0.2) is 5.82 Å². The summed E-state index contributed by atoms with van der Waals surface area (Å²) >= 11 is 6.11. The molecule has 2 heterocycles. The number of halogens is 1. The second-order valence-electron chi connectivity index (χ2n) is 7.01. The summed E-state index contributed by atoms with van der Waals surface area (Å²) in [5.41, 5.74) is 6.12. The Kier molecular flexibility index (Phi) is 4.38. The van der Waals surface area contributed by atoms with E-state index in [0.717, 1.165) is 39.2 Å². The van der Waals surface area contributed by atoms with Crippen LogP contribution >= 0.6 is 11.6 Å². The van der Waals surface area contributed by atoms with Gasteiger partial charge in [-0.1, -0.05) is 72.3 Å². The fourth-order valence-corrected chi connectivity index (χ4v) is 3.70. The molecule has 0 amide bonds. The van der Waals surface area contributed by atoms with Crippen LogP contribution in [0.2, 0.25) is 5.02 Å². The maximum absolute atomic E-state index is 6.11. The van der Waals surface area contributed by atoms with E-state index in [0.29, 0.717) is 5.02 Å². The topological polar surface area (TPSA) is 30.7 Å². The Hall–Kier alpha value is -3.43. The average molecular weight is 396 g/mol. The van der Waals surface area contributed by atoms with E-state index in [9.17, 15) is 0 Å². The molecule has 0 unspecified atom stereocenters. The molecule has 0 fully saturated rings. The van der Waals surface area contributed by atoms with Crippen LogP contribution in [0.4, 0.5) is 0 Å². The third kappa shape index (κ3) is 3.30. The van der Waals surface area contributed by atoms with Gasteiger partial charge in [-0.15, -0.1) is 0 Å². The van der Waals surface area contributed by atoms with Crippen molar-refractivity contribution in [3.8, 4) is 28.3 Å². The van der Waals surface area contributed by atoms with Gasteiger partial charge in [-0.3, -0.25) is 0 Å². The normalized spacial score (nSPS) is 11.1. The molecule has 3 nitrogen and oxygen atoms in total. The molecule has 0 radical (unpaired) electrons. The van der Waals surface area contributed by atoms with Crippen molar-refractivity contribution in [2.75, 3.05) is 0 Å². The van der Waals surface area contributed by atoms with Crippen molar-refractivity contribution >= 4 is 22.5 Å². The monoisotopic (exact) mass is 395 g/mol. The maximum Gasteiger partial charge on any atom is 0.155 e. The van der Waals surface area contributed by atoms with Gasteiger partial charge in [0.25, 0.3) is 0 Å². The fraction of sp³-hybridized carbons (Fsp3) is 0.0400. The Labute approximate surface area is 174 Å². The van der Waals surface area contributed by atoms with Crippen LogP contribution in [0, 0.1) is 6.92 Å². The summed E-state index contributed by atoms with van der Waals surface area (Å²) < 4.78 is 1.92. The number of hydrogen-bond acceptors (Lipinski definition) is 2. The molecule has 0 saturated carbocycles. The van der Waals surface area contributed by atoms with E-state index in [-0.39, 0.29) is 0 Å². The van der Waals surface area contributed by atoms with Gasteiger partial charge in [0, 0.05) is 21.5 Å². The number of fused-ring (bicyclic) bond motifs is 1. The third-order valence-corrected chi connectivity index (χ3v) is 5.30. The van der Waals surface area contributed by atoms with Crippen LogP contribution in [-0.2, 0) is 0 Å². The highest BCUT2D eigenvalue weighted by atomic mass is 35.5. The third-order valence-electron chi connectivity index (χ3n) is 5.05.